The van der Waals surface area contributed by atoms with Crippen LogP contribution in [-0.4, -0.2) is 21.4 Å². The van der Waals surface area contributed by atoms with E-state index in [1.54, 1.807) is 30.7 Å². The third kappa shape index (κ3) is 5.19. The second-order valence-corrected chi connectivity index (χ2v) is 8.14. The molecule has 0 unspecified atom stereocenters. The molecule has 2 aromatic heterocycles. The molecule has 4 aromatic rings. The molecule has 0 bridgehead atoms. The number of thiophene rings is 1. The van der Waals surface area contributed by atoms with Gasteiger partial charge in [-0.25, -0.2) is 4.98 Å². The van der Waals surface area contributed by atoms with E-state index in [9.17, 15) is 9.59 Å². The first-order chi connectivity index (χ1) is 15.6. The number of amides is 2. The Labute approximate surface area is 190 Å². The molecule has 160 valence electrons. The van der Waals surface area contributed by atoms with E-state index in [0.717, 1.165) is 21.7 Å². The minimum atomic E-state index is -0.348. The Balaban J connectivity index is 1.47. The summed E-state index contributed by atoms with van der Waals surface area (Å²) in [7, 11) is 0. The highest BCUT2D eigenvalue weighted by molar-refractivity contribution is 7.10. The van der Waals surface area contributed by atoms with Crippen LogP contribution in [0.3, 0.4) is 0 Å². The molecule has 0 aliphatic carbocycles. The lowest BCUT2D eigenvalue weighted by atomic mass is 10.1. The van der Waals surface area contributed by atoms with E-state index in [-0.39, 0.29) is 17.5 Å². The van der Waals surface area contributed by atoms with Crippen LogP contribution in [0.15, 0.2) is 90.5 Å². The van der Waals surface area contributed by atoms with Crippen LogP contribution in [0.25, 0.3) is 11.8 Å². The number of hydrogen-bond donors (Lipinski definition) is 2. The van der Waals surface area contributed by atoms with Crippen molar-refractivity contribution in [1.82, 2.24) is 20.2 Å². The van der Waals surface area contributed by atoms with Crippen molar-refractivity contribution < 1.29 is 9.59 Å². The zero-order valence-corrected chi connectivity index (χ0v) is 18.3. The third-order valence-corrected chi connectivity index (χ3v) is 5.72. The maximum Gasteiger partial charge on any atom is 0.268 e. The van der Waals surface area contributed by atoms with Crippen molar-refractivity contribution in [2.45, 2.75) is 13.5 Å². The van der Waals surface area contributed by atoms with Gasteiger partial charge in [-0.05, 0) is 53.8 Å². The molecule has 0 radical (unpaired) electrons. The minimum Gasteiger partial charge on any atom is -0.347 e. The predicted molar refractivity (Wildman–Crippen MR) is 126 cm³/mol. The summed E-state index contributed by atoms with van der Waals surface area (Å²) in [6.45, 7) is 2.20. The smallest absolute Gasteiger partial charge is 0.268 e. The summed E-state index contributed by atoms with van der Waals surface area (Å²) in [6.07, 6.45) is 7.02. The van der Waals surface area contributed by atoms with Gasteiger partial charge in [-0.1, -0.05) is 36.4 Å². The monoisotopic (exact) mass is 442 g/mol. The van der Waals surface area contributed by atoms with Crippen LogP contribution in [0, 0.1) is 6.92 Å². The van der Waals surface area contributed by atoms with Gasteiger partial charge in [-0.15, -0.1) is 11.3 Å². The Bertz CT molecular complexity index is 1230. The lowest BCUT2D eigenvalue weighted by molar-refractivity contribution is -0.117. The molecule has 2 heterocycles. The summed E-state index contributed by atoms with van der Waals surface area (Å²) in [5.41, 5.74) is 3.52. The molecule has 0 aliphatic rings. The van der Waals surface area contributed by atoms with Gasteiger partial charge in [0.2, 0.25) is 0 Å². The average molecular weight is 443 g/mol. The number of nitrogens with one attached hydrogen (secondary N) is 2. The van der Waals surface area contributed by atoms with Crippen molar-refractivity contribution in [3.05, 3.63) is 112 Å². The van der Waals surface area contributed by atoms with Crippen LogP contribution < -0.4 is 10.6 Å². The molecule has 4 rings (SSSR count). The highest BCUT2D eigenvalue weighted by Gasteiger charge is 2.16. The predicted octanol–water partition coefficient (Wildman–Crippen LogP) is 4.33. The van der Waals surface area contributed by atoms with E-state index in [1.165, 1.54) is 11.3 Å². The number of aromatic nitrogens is 2. The van der Waals surface area contributed by atoms with Crippen LogP contribution in [0.5, 0.6) is 0 Å². The lowest BCUT2D eigenvalue weighted by Gasteiger charge is -2.12. The number of carbonyl (C=O) groups excluding carboxylic acids is 2. The summed E-state index contributed by atoms with van der Waals surface area (Å²) in [5.74, 6) is -0.662. The zero-order valence-electron chi connectivity index (χ0n) is 17.5. The van der Waals surface area contributed by atoms with Gasteiger partial charge < -0.3 is 15.2 Å². The fourth-order valence-electron chi connectivity index (χ4n) is 3.17. The summed E-state index contributed by atoms with van der Waals surface area (Å²) in [6, 6.07) is 18.9. The topological polar surface area (TPSA) is 76.0 Å². The SMILES string of the molecule is Cc1ccccc1C(=O)N/C(=C\c1cccs1)C(=O)NCc1ccc(-n2ccnc2)cc1. The summed E-state index contributed by atoms with van der Waals surface area (Å²) in [4.78, 5) is 30.7. The first kappa shape index (κ1) is 21.3. The molecular formula is C25H22N4O2S. The van der Waals surface area contributed by atoms with Gasteiger partial charge in [0.15, 0.2) is 0 Å². The van der Waals surface area contributed by atoms with E-state index in [4.69, 9.17) is 0 Å². The van der Waals surface area contributed by atoms with Gasteiger partial charge in [-0.2, -0.15) is 0 Å². The molecule has 6 nitrogen and oxygen atoms in total. The van der Waals surface area contributed by atoms with Crippen LogP contribution in [0.4, 0.5) is 0 Å². The molecule has 0 fully saturated rings. The Morgan fingerprint density at radius 3 is 2.56 bits per heavy atom. The molecule has 7 heteroatoms. The molecule has 0 saturated carbocycles. The Hall–Kier alpha value is -3.97. The Morgan fingerprint density at radius 2 is 1.88 bits per heavy atom. The molecule has 0 atom stereocenters. The van der Waals surface area contributed by atoms with E-state index in [2.05, 4.69) is 15.6 Å². The lowest BCUT2D eigenvalue weighted by Crippen LogP contribution is -2.34. The summed E-state index contributed by atoms with van der Waals surface area (Å²) < 4.78 is 1.91. The number of aryl methyl sites for hydroxylation is 1. The summed E-state index contributed by atoms with van der Waals surface area (Å²) >= 11 is 1.49. The van der Waals surface area contributed by atoms with Gasteiger partial charge in [0.1, 0.15) is 5.70 Å². The number of carbonyl (C=O) groups is 2. The van der Waals surface area contributed by atoms with Crippen molar-refractivity contribution in [1.29, 1.82) is 0 Å². The number of benzene rings is 2. The van der Waals surface area contributed by atoms with Crippen LogP contribution >= 0.6 is 11.3 Å². The van der Waals surface area contributed by atoms with Crippen molar-refractivity contribution in [3.8, 4) is 5.69 Å². The fraction of sp³-hybridized carbons (Fsp3) is 0.0800. The molecule has 32 heavy (non-hydrogen) atoms. The van der Waals surface area contributed by atoms with E-state index < -0.39 is 0 Å². The minimum absolute atomic E-state index is 0.204. The first-order valence-electron chi connectivity index (χ1n) is 10.1. The molecule has 0 aliphatic heterocycles. The van der Waals surface area contributed by atoms with E-state index >= 15 is 0 Å². The average Bonchev–Trinajstić information content (AvgIpc) is 3.52. The van der Waals surface area contributed by atoms with Crippen LogP contribution in [0.1, 0.15) is 26.4 Å². The van der Waals surface area contributed by atoms with Crippen LogP contribution in [0.2, 0.25) is 0 Å². The van der Waals surface area contributed by atoms with Crippen molar-refractivity contribution in [3.63, 3.8) is 0 Å². The number of rotatable bonds is 7. The van der Waals surface area contributed by atoms with Crippen molar-refractivity contribution in [2.24, 2.45) is 0 Å². The molecule has 0 spiro atoms. The second kappa shape index (κ2) is 9.89. The number of nitrogens with zero attached hydrogens (tertiary/aromatic N) is 2. The number of imidazole rings is 1. The molecular weight excluding hydrogens is 420 g/mol. The zero-order chi connectivity index (χ0) is 22.3. The van der Waals surface area contributed by atoms with Crippen LogP contribution in [-0.2, 0) is 11.3 Å². The normalized spacial score (nSPS) is 11.2. The fourth-order valence-corrected chi connectivity index (χ4v) is 3.82. The standard InChI is InChI=1S/C25H22N4O2S/c1-18-5-2-3-7-22(18)24(30)28-23(15-21-6-4-14-32-21)25(31)27-16-19-8-10-20(11-9-19)29-13-12-26-17-29/h2-15,17H,16H2,1H3,(H,27,31)(H,28,30)/b23-15-. The first-order valence-corrected chi connectivity index (χ1v) is 11.0. The van der Waals surface area contributed by atoms with Crippen molar-refractivity contribution in [2.75, 3.05) is 0 Å². The van der Waals surface area contributed by atoms with E-state index in [0.29, 0.717) is 12.1 Å². The van der Waals surface area contributed by atoms with Crippen molar-refractivity contribution >= 4 is 29.2 Å². The third-order valence-electron chi connectivity index (χ3n) is 4.90. The maximum atomic E-state index is 12.9. The second-order valence-electron chi connectivity index (χ2n) is 7.16. The van der Waals surface area contributed by atoms with Gasteiger partial charge >= 0.3 is 0 Å². The number of hydrogen-bond acceptors (Lipinski definition) is 4. The maximum absolute atomic E-state index is 12.9. The van der Waals surface area contributed by atoms with Gasteiger partial charge in [0.25, 0.3) is 11.8 Å². The molecule has 0 saturated heterocycles. The van der Waals surface area contributed by atoms with Gasteiger partial charge in [-0.3, -0.25) is 9.59 Å². The van der Waals surface area contributed by atoms with E-state index in [1.807, 2.05) is 71.6 Å². The molecule has 2 amide bonds. The van der Waals surface area contributed by atoms with Gasteiger partial charge in [0, 0.05) is 35.1 Å². The largest absolute Gasteiger partial charge is 0.347 e. The molecule has 2 aromatic carbocycles. The molecule has 2 N–H and O–H groups in total. The quantitative estimate of drug-likeness (QED) is 0.418. The highest BCUT2D eigenvalue weighted by atomic mass is 32.1. The highest BCUT2D eigenvalue weighted by Crippen LogP contribution is 2.15. The van der Waals surface area contributed by atoms with Gasteiger partial charge in [0.05, 0.1) is 6.33 Å². The Kier molecular flexibility index (Phi) is 6.57. The summed E-state index contributed by atoms with van der Waals surface area (Å²) in [5, 5.41) is 7.61. The Morgan fingerprint density at radius 1 is 1.06 bits per heavy atom.